The molecule has 2 rings (SSSR count). The van der Waals surface area contributed by atoms with Crippen molar-refractivity contribution in [2.45, 2.75) is 38.5 Å². The maximum atomic E-state index is 13.0. The number of halogens is 2. The van der Waals surface area contributed by atoms with E-state index in [4.69, 9.17) is 0 Å². The average molecular weight is 254 g/mol. The maximum absolute atomic E-state index is 13.0. The summed E-state index contributed by atoms with van der Waals surface area (Å²) in [6.07, 6.45) is -0.131. The van der Waals surface area contributed by atoms with Crippen LogP contribution in [0.4, 0.5) is 14.5 Å². The van der Waals surface area contributed by atoms with E-state index in [0.29, 0.717) is 19.0 Å². The van der Waals surface area contributed by atoms with Crippen LogP contribution in [0.5, 0.6) is 0 Å². The van der Waals surface area contributed by atoms with Crippen LogP contribution in [0.3, 0.4) is 0 Å². The molecule has 1 saturated heterocycles. The highest BCUT2D eigenvalue weighted by Crippen LogP contribution is 2.28. The van der Waals surface area contributed by atoms with Gasteiger partial charge in [0.15, 0.2) is 0 Å². The van der Waals surface area contributed by atoms with E-state index in [9.17, 15) is 8.78 Å². The molecule has 4 heteroatoms. The van der Waals surface area contributed by atoms with Crippen molar-refractivity contribution in [1.29, 1.82) is 0 Å². The van der Waals surface area contributed by atoms with Crippen molar-refractivity contribution in [3.63, 3.8) is 0 Å². The van der Waals surface area contributed by atoms with Gasteiger partial charge in [-0.3, -0.25) is 0 Å². The molecule has 1 aromatic carbocycles. The Balaban J connectivity index is 1.90. The summed E-state index contributed by atoms with van der Waals surface area (Å²) in [4.78, 5) is 0. The zero-order valence-corrected chi connectivity index (χ0v) is 10.9. The van der Waals surface area contributed by atoms with E-state index in [0.717, 1.165) is 5.69 Å². The zero-order valence-electron chi connectivity index (χ0n) is 10.9. The van der Waals surface area contributed by atoms with Crippen LogP contribution in [0, 0.1) is 0 Å². The van der Waals surface area contributed by atoms with Gasteiger partial charge >= 0.3 is 0 Å². The Kier molecular flexibility index (Phi) is 3.85. The Hall–Kier alpha value is -1.16. The molecule has 0 spiro atoms. The molecule has 18 heavy (non-hydrogen) atoms. The van der Waals surface area contributed by atoms with Crippen LogP contribution in [0.15, 0.2) is 24.3 Å². The zero-order chi connectivity index (χ0) is 13.2. The first-order valence-electron chi connectivity index (χ1n) is 6.46. The van der Waals surface area contributed by atoms with Crippen molar-refractivity contribution in [2.24, 2.45) is 0 Å². The van der Waals surface area contributed by atoms with Gasteiger partial charge in [0.25, 0.3) is 5.92 Å². The first-order chi connectivity index (χ1) is 8.46. The van der Waals surface area contributed by atoms with Crippen LogP contribution < -0.4 is 5.43 Å². The predicted molar refractivity (Wildman–Crippen MR) is 69.9 cm³/mol. The number of anilines is 1. The quantitative estimate of drug-likeness (QED) is 0.881. The third kappa shape index (κ3) is 3.42. The summed E-state index contributed by atoms with van der Waals surface area (Å²) in [5.74, 6) is -1.98. The highest BCUT2D eigenvalue weighted by molar-refractivity contribution is 5.44. The normalized spacial score (nSPS) is 20.1. The smallest absolute Gasteiger partial charge is 0.250 e. The molecule has 2 nitrogen and oxygen atoms in total. The Morgan fingerprint density at radius 1 is 1.11 bits per heavy atom. The lowest BCUT2D eigenvalue weighted by atomic mass is 10.0. The molecule has 0 radical (unpaired) electrons. The van der Waals surface area contributed by atoms with Crippen molar-refractivity contribution in [1.82, 2.24) is 5.01 Å². The van der Waals surface area contributed by atoms with E-state index < -0.39 is 5.92 Å². The van der Waals surface area contributed by atoms with Crippen LogP contribution in [0.1, 0.15) is 38.2 Å². The predicted octanol–water partition coefficient (Wildman–Crippen LogP) is 3.87. The number of nitrogens with one attached hydrogen (secondary N) is 1. The molecule has 0 amide bonds. The number of alkyl halides is 2. The van der Waals surface area contributed by atoms with E-state index in [-0.39, 0.29) is 12.8 Å². The molecular formula is C14H20F2N2. The summed E-state index contributed by atoms with van der Waals surface area (Å²) in [6.45, 7) is 5.07. The summed E-state index contributed by atoms with van der Waals surface area (Å²) in [7, 11) is 0. The van der Waals surface area contributed by atoms with Gasteiger partial charge in [-0.25, -0.2) is 13.8 Å². The molecule has 0 bridgehead atoms. The minimum atomic E-state index is -2.49. The van der Waals surface area contributed by atoms with Crippen molar-refractivity contribution in [2.75, 3.05) is 18.5 Å². The van der Waals surface area contributed by atoms with Gasteiger partial charge in [0, 0.05) is 31.6 Å². The highest BCUT2D eigenvalue weighted by Gasteiger charge is 2.33. The fourth-order valence-corrected chi connectivity index (χ4v) is 2.07. The van der Waals surface area contributed by atoms with Gasteiger partial charge in [0.05, 0.1) is 0 Å². The fraction of sp³-hybridized carbons (Fsp3) is 0.571. The van der Waals surface area contributed by atoms with Gasteiger partial charge in [-0.15, -0.1) is 0 Å². The SMILES string of the molecule is CC(C)c1ccc(NN2CCC(F)(F)CC2)cc1. The summed E-state index contributed by atoms with van der Waals surface area (Å²) in [6, 6.07) is 8.15. The van der Waals surface area contributed by atoms with Crippen LogP contribution in [-0.4, -0.2) is 24.0 Å². The van der Waals surface area contributed by atoms with E-state index in [2.05, 4.69) is 31.4 Å². The number of rotatable bonds is 3. The number of benzene rings is 1. The minimum absolute atomic E-state index is 0.0654. The van der Waals surface area contributed by atoms with E-state index >= 15 is 0 Å². The molecule has 1 aliphatic rings. The van der Waals surface area contributed by atoms with Crippen LogP contribution in [-0.2, 0) is 0 Å². The minimum Gasteiger partial charge on any atom is -0.319 e. The molecule has 0 aliphatic carbocycles. The lowest BCUT2D eigenvalue weighted by Crippen LogP contribution is -2.42. The number of hydrogen-bond donors (Lipinski definition) is 1. The van der Waals surface area contributed by atoms with Gasteiger partial charge in [-0.05, 0) is 23.6 Å². The Bertz CT molecular complexity index is 377. The second-order valence-electron chi connectivity index (χ2n) is 5.23. The lowest BCUT2D eigenvalue weighted by Gasteiger charge is -2.32. The molecule has 0 saturated carbocycles. The fourth-order valence-electron chi connectivity index (χ4n) is 2.07. The van der Waals surface area contributed by atoms with Crippen LogP contribution >= 0.6 is 0 Å². The van der Waals surface area contributed by atoms with Gasteiger partial charge in [-0.1, -0.05) is 26.0 Å². The van der Waals surface area contributed by atoms with Crippen LogP contribution in [0.2, 0.25) is 0 Å². The second-order valence-corrected chi connectivity index (χ2v) is 5.23. The van der Waals surface area contributed by atoms with Crippen molar-refractivity contribution in [3.8, 4) is 0 Å². The van der Waals surface area contributed by atoms with E-state index in [1.54, 1.807) is 0 Å². The molecule has 0 aromatic heterocycles. The molecule has 0 atom stereocenters. The number of piperidine rings is 1. The topological polar surface area (TPSA) is 15.3 Å². The molecule has 1 heterocycles. The summed E-state index contributed by atoms with van der Waals surface area (Å²) >= 11 is 0. The molecule has 0 unspecified atom stereocenters. The van der Waals surface area contributed by atoms with Gasteiger partial charge in [0.1, 0.15) is 0 Å². The first-order valence-corrected chi connectivity index (χ1v) is 6.46. The molecule has 1 fully saturated rings. The molecule has 1 N–H and O–H groups in total. The standard InChI is InChI=1S/C14H20F2N2/c1-11(2)12-3-5-13(6-4-12)17-18-9-7-14(15,16)8-10-18/h3-6,11,17H,7-10H2,1-2H3. The number of hydrogen-bond acceptors (Lipinski definition) is 2. The van der Waals surface area contributed by atoms with E-state index in [1.807, 2.05) is 17.1 Å². The first kappa shape index (κ1) is 13.3. The Labute approximate surface area is 107 Å². The molecule has 1 aromatic rings. The molecule has 100 valence electrons. The average Bonchev–Trinajstić information content (AvgIpc) is 2.33. The summed E-state index contributed by atoms with van der Waals surface area (Å²) in [5, 5.41) is 1.86. The second kappa shape index (κ2) is 5.22. The Morgan fingerprint density at radius 2 is 1.67 bits per heavy atom. The molecular weight excluding hydrogens is 234 g/mol. The van der Waals surface area contributed by atoms with Crippen molar-refractivity contribution in [3.05, 3.63) is 29.8 Å². The summed E-state index contributed by atoms with van der Waals surface area (Å²) < 4.78 is 26.0. The highest BCUT2D eigenvalue weighted by atomic mass is 19.3. The van der Waals surface area contributed by atoms with E-state index in [1.165, 1.54) is 5.56 Å². The lowest BCUT2D eigenvalue weighted by molar-refractivity contribution is -0.0506. The summed E-state index contributed by atoms with van der Waals surface area (Å²) in [5.41, 5.74) is 5.43. The third-order valence-electron chi connectivity index (χ3n) is 3.36. The van der Waals surface area contributed by atoms with Gasteiger partial charge < -0.3 is 5.43 Å². The Morgan fingerprint density at radius 3 is 2.17 bits per heavy atom. The number of hydrazine groups is 1. The maximum Gasteiger partial charge on any atom is 0.250 e. The third-order valence-corrected chi connectivity index (χ3v) is 3.36. The molecule has 1 aliphatic heterocycles. The number of nitrogens with zero attached hydrogens (tertiary/aromatic N) is 1. The van der Waals surface area contributed by atoms with Crippen molar-refractivity contribution < 1.29 is 8.78 Å². The monoisotopic (exact) mass is 254 g/mol. The van der Waals surface area contributed by atoms with Crippen molar-refractivity contribution >= 4 is 5.69 Å². The van der Waals surface area contributed by atoms with Gasteiger partial charge in [0.2, 0.25) is 0 Å². The van der Waals surface area contributed by atoms with Gasteiger partial charge in [-0.2, -0.15) is 0 Å². The van der Waals surface area contributed by atoms with Crippen LogP contribution in [0.25, 0.3) is 0 Å². The largest absolute Gasteiger partial charge is 0.319 e.